The Hall–Kier alpha value is -1.13. The van der Waals surface area contributed by atoms with Gasteiger partial charge in [0.25, 0.3) is 0 Å². The lowest BCUT2D eigenvalue weighted by Gasteiger charge is -2.01. The fraction of sp³-hybridized carbons (Fsp3) is 0.375. The van der Waals surface area contributed by atoms with E-state index in [1.807, 2.05) is 6.07 Å². The first-order valence-corrected chi connectivity index (χ1v) is 3.67. The highest BCUT2D eigenvalue weighted by atomic mass is 16.6. The number of rotatable bonds is 4. The molecule has 0 bridgehead atoms. The second-order valence-corrected chi connectivity index (χ2v) is 2.31. The summed E-state index contributed by atoms with van der Waals surface area (Å²) in [6, 6.07) is 3.66. The van der Waals surface area contributed by atoms with E-state index < -0.39 is 0 Å². The Morgan fingerprint density at radius 2 is 2.42 bits per heavy atom. The lowest BCUT2D eigenvalue weighted by molar-refractivity contribution is 0.140. The van der Waals surface area contributed by atoms with Crippen LogP contribution in [0.25, 0.3) is 0 Å². The first kappa shape index (κ1) is 8.96. The second kappa shape index (κ2) is 4.69. The van der Waals surface area contributed by atoms with Gasteiger partial charge < -0.3 is 9.57 Å². The van der Waals surface area contributed by atoms with Crippen LogP contribution in [0.1, 0.15) is 5.69 Å². The number of nitrogens with two attached hydrogens (primary N) is 1. The van der Waals surface area contributed by atoms with Crippen LogP contribution in [0.3, 0.4) is 0 Å². The van der Waals surface area contributed by atoms with Gasteiger partial charge in [0.15, 0.2) is 0 Å². The smallest absolute Gasteiger partial charge is 0.122 e. The van der Waals surface area contributed by atoms with Crippen molar-refractivity contribution in [2.75, 3.05) is 13.7 Å². The molecule has 0 amide bonds. The van der Waals surface area contributed by atoms with Crippen LogP contribution in [0.2, 0.25) is 0 Å². The highest BCUT2D eigenvalue weighted by Gasteiger charge is 1.96. The predicted molar refractivity (Wildman–Crippen MR) is 44.6 cm³/mol. The van der Waals surface area contributed by atoms with Crippen LogP contribution in [-0.4, -0.2) is 18.7 Å². The fourth-order valence-electron chi connectivity index (χ4n) is 0.883. The van der Waals surface area contributed by atoms with Gasteiger partial charge in [-0.3, -0.25) is 4.98 Å². The highest BCUT2D eigenvalue weighted by molar-refractivity contribution is 5.22. The van der Waals surface area contributed by atoms with E-state index in [4.69, 9.17) is 10.6 Å². The van der Waals surface area contributed by atoms with Gasteiger partial charge in [-0.1, -0.05) is 0 Å². The van der Waals surface area contributed by atoms with Crippen molar-refractivity contribution in [1.29, 1.82) is 0 Å². The Bertz CT molecular complexity index is 240. The van der Waals surface area contributed by atoms with E-state index in [0.717, 1.165) is 11.4 Å². The van der Waals surface area contributed by atoms with Crippen molar-refractivity contribution in [3.05, 3.63) is 24.0 Å². The van der Waals surface area contributed by atoms with Crippen molar-refractivity contribution >= 4 is 0 Å². The van der Waals surface area contributed by atoms with Crippen LogP contribution in [0.5, 0.6) is 5.75 Å². The molecule has 0 aliphatic rings. The van der Waals surface area contributed by atoms with E-state index in [0.29, 0.717) is 13.0 Å². The van der Waals surface area contributed by atoms with Gasteiger partial charge in [-0.05, 0) is 6.07 Å². The fourth-order valence-corrected chi connectivity index (χ4v) is 0.883. The molecule has 0 aliphatic carbocycles. The molecule has 0 unspecified atom stereocenters. The van der Waals surface area contributed by atoms with E-state index in [-0.39, 0.29) is 0 Å². The van der Waals surface area contributed by atoms with Gasteiger partial charge in [0.2, 0.25) is 0 Å². The molecule has 2 N–H and O–H groups in total. The molecule has 0 atom stereocenters. The minimum absolute atomic E-state index is 0.472. The minimum atomic E-state index is 0.472. The minimum Gasteiger partial charge on any atom is -0.497 e. The van der Waals surface area contributed by atoms with Gasteiger partial charge in [-0.25, -0.2) is 5.90 Å². The molecule has 0 spiro atoms. The summed E-state index contributed by atoms with van der Waals surface area (Å²) in [5.41, 5.74) is 0.916. The topological polar surface area (TPSA) is 57.4 Å². The summed E-state index contributed by atoms with van der Waals surface area (Å²) in [7, 11) is 1.62. The van der Waals surface area contributed by atoms with Crippen molar-refractivity contribution in [2.45, 2.75) is 6.42 Å². The molecule has 1 aromatic heterocycles. The molecule has 66 valence electrons. The standard InChI is InChI=1S/C8H12N2O2/c1-11-8-2-4-10-7(6-8)3-5-12-9/h2,4,6H,3,5,9H2,1H3. The summed E-state index contributed by atoms with van der Waals surface area (Å²) >= 11 is 0. The number of methoxy groups -OCH3 is 1. The molecular weight excluding hydrogens is 156 g/mol. The number of hydrogen-bond donors (Lipinski definition) is 1. The first-order valence-electron chi connectivity index (χ1n) is 3.67. The van der Waals surface area contributed by atoms with E-state index in [9.17, 15) is 0 Å². The molecule has 1 heterocycles. The van der Waals surface area contributed by atoms with Crippen molar-refractivity contribution in [1.82, 2.24) is 4.98 Å². The van der Waals surface area contributed by atoms with Crippen LogP contribution < -0.4 is 10.6 Å². The summed E-state index contributed by atoms with van der Waals surface area (Å²) in [6.45, 7) is 0.472. The van der Waals surface area contributed by atoms with Crippen LogP contribution in [-0.2, 0) is 11.3 Å². The van der Waals surface area contributed by atoms with E-state index in [2.05, 4.69) is 9.82 Å². The van der Waals surface area contributed by atoms with Gasteiger partial charge in [0, 0.05) is 24.4 Å². The average Bonchev–Trinajstić information content (AvgIpc) is 2.15. The van der Waals surface area contributed by atoms with E-state index >= 15 is 0 Å². The largest absolute Gasteiger partial charge is 0.497 e. The molecule has 4 heteroatoms. The average molecular weight is 168 g/mol. The zero-order chi connectivity index (χ0) is 8.81. The van der Waals surface area contributed by atoms with E-state index in [1.54, 1.807) is 19.4 Å². The molecule has 4 nitrogen and oxygen atoms in total. The molecule has 1 aromatic rings. The van der Waals surface area contributed by atoms with Crippen LogP contribution >= 0.6 is 0 Å². The van der Waals surface area contributed by atoms with Crippen molar-refractivity contribution < 1.29 is 9.57 Å². The Balaban J connectivity index is 2.60. The SMILES string of the molecule is COc1ccnc(CCON)c1. The molecule has 0 aromatic carbocycles. The lowest BCUT2D eigenvalue weighted by Crippen LogP contribution is -2.04. The maximum absolute atomic E-state index is 5.02. The molecule has 0 saturated carbocycles. The predicted octanol–water partition coefficient (Wildman–Crippen LogP) is 0.523. The monoisotopic (exact) mass is 168 g/mol. The third-order valence-corrected chi connectivity index (χ3v) is 1.50. The summed E-state index contributed by atoms with van der Waals surface area (Å²) in [5.74, 6) is 5.69. The second-order valence-electron chi connectivity index (χ2n) is 2.31. The van der Waals surface area contributed by atoms with Gasteiger partial charge in [0.1, 0.15) is 5.75 Å². The van der Waals surface area contributed by atoms with E-state index in [1.165, 1.54) is 0 Å². The van der Waals surface area contributed by atoms with Crippen molar-refractivity contribution in [3.63, 3.8) is 0 Å². The summed E-state index contributed by atoms with van der Waals surface area (Å²) < 4.78 is 5.02. The number of ether oxygens (including phenoxy) is 1. The maximum atomic E-state index is 5.02. The van der Waals surface area contributed by atoms with Crippen LogP contribution in [0.4, 0.5) is 0 Å². The number of nitrogens with zero attached hydrogens (tertiary/aromatic N) is 1. The quantitative estimate of drug-likeness (QED) is 0.666. The maximum Gasteiger partial charge on any atom is 0.122 e. The molecular formula is C8H12N2O2. The summed E-state index contributed by atoms with van der Waals surface area (Å²) in [5, 5.41) is 0. The van der Waals surface area contributed by atoms with Crippen LogP contribution in [0, 0.1) is 0 Å². The van der Waals surface area contributed by atoms with Gasteiger partial charge in [-0.15, -0.1) is 0 Å². The number of hydrogen-bond acceptors (Lipinski definition) is 4. The number of pyridine rings is 1. The summed E-state index contributed by atoms with van der Waals surface area (Å²) in [4.78, 5) is 8.55. The summed E-state index contributed by atoms with van der Waals surface area (Å²) in [6.07, 6.45) is 2.40. The highest BCUT2D eigenvalue weighted by Crippen LogP contribution is 2.09. The lowest BCUT2D eigenvalue weighted by atomic mass is 10.3. The Labute approximate surface area is 71.3 Å². The zero-order valence-corrected chi connectivity index (χ0v) is 6.99. The third-order valence-electron chi connectivity index (χ3n) is 1.50. The molecule has 0 radical (unpaired) electrons. The molecule has 12 heavy (non-hydrogen) atoms. The Morgan fingerprint density at radius 1 is 1.58 bits per heavy atom. The molecule has 0 saturated heterocycles. The first-order chi connectivity index (χ1) is 5.86. The van der Waals surface area contributed by atoms with Gasteiger partial charge in [-0.2, -0.15) is 0 Å². The van der Waals surface area contributed by atoms with Crippen molar-refractivity contribution in [2.24, 2.45) is 5.90 Å². The molecule has 1 rings (SSSR count). The number of aromatic nitrogens is 1. The Kier molecular flexibility index (Phi) is 3.50. The zero-order valence-electron chi connectivity index (χ0n) is 6.99. The Morgan fingerprint density at radius 3 is 3.08 bits per heavy atom. The molecule has 0 fully saturated rings. The molecule has 0 aliphatic heterocycles. The van der Waals surface area contributed by atoms with Gasteiger partial charge >= 0.3 is 0 Å². The van der Waals surface area contributed by atoms with Gasteiger partial charge in [0.05, 0.1) is 13.7 Å². The normalized spacial score (nSPS) is 9.83. The van der Waals surface area contributed by atoms with Crippen molar-refractivity contribution in [3.8, 4) is 5.75 Å². The third kappa shape index (κ3) is 2.48. The van der Waals surface area contributed by atoms with Crippen LogP contribution in [0.15, 0.2) is 18.3 Å².